The van der Waals surface area contributed by atoms with Crippen molar-refractivity contribution in [2.24, 2.45) is 0 Å². The van der Waals surface area contributed by atoms with Gasteiger partial charge in [-0.15, -0.1) is 11.8 Å². The average Bonchev–Trinajstić information content (AvgIpc) is 3.29. The van der Waals surface area contributed by atoms with Gasteiger partial charge >= 0.3 is 12.1 Å². The number of hydrogen-bond acceptors (Lipinski definition) is 5. The van der Waals surface area contributed by atoms with Crippen LogP contribution in [0.3, 0.4) is 0 Å². The van der Waals surface area contributed by atoms with Crippen LogP contribution in [0, 0.1) is 0 Å². The maximum Gasteiger partial charge on any atom is 0.410 e. The number of carbonyl (C=O) groups is 3. The second-order valence-electron chi connectivity index (χ2n) is 6.54. The normalized spacial score (nSPS) is 25.3. The molecule has 0 aromatic heterocycles. The Hall–Kier alpha value is -2.74. The van der Waals surface area contributed by atoms with Crippen molar-refractivity contribution in [2.75, 3.05) is 6.54 Å². The van der Waals surface area contributed by atoms with Crippen molar-refractivity contribution < 1.29 is 24.2 Å². The predicted molar refractivity (Wildman–Crippen MR) is 98.4 cm³/mol. The largest absolute Gasteiger partial charge is 0.477 e. The molecule has 1 aromatic carbocycles. The summed E-state index contributed by atoms with van der Waals surface area (Å²) in [6, 6.07) is 9.26. The number of amides is 2. The summed E-state index contributed by atoms with van der Waals surface area (Å²) in [5, 5.41) is 10.3. The van der Waals surface area contributed by atoms with Crippen LogP contribution in [0.25, 0.3) is 0 Å². The fourth-order valence-electron chi connectivity index (χ4n) is 3.49. The van der Waals surface area contributed by atoms with Gasteiger partial charge in [0, 0.05) is 17.5 Å². The van der Waals surface area contributed by atoms with Gasteiger partial charge in [-0.2, -0.15) is 0 Å². The summed E-state index contributed by atoms with van der Waals surface area (Å²) in [7, 11) is 0. The van der Waals surface area contributed by atoms with Crippen molar-refractivity contribution in [1.82, 2.24) is 9.80 Å². The third kappa shape index (κ3) is 3.21. The minimum absolute atomic E-state index is 0.0118. The first-order valence-electron chi connectivity index (χ1n) is 8.68. The topological polar surface area (TPSA) is 87.1 Å². The molecule has 0 aliphatic carbocycles. The van der Waals surface area contributed by atoms with Crippen LogP contribution in [0.2, 0.25) is 0 Å². The van der Waals surface area contributed by atoms with Crippen molar-refractivity contribution in [3.63, 3.8) is 0 Å². The van der Waals surface area contributed by atoms with E-state index in [1.54, 1.807) is 11.0 Å². The minimum atomic E-state index is -1.11. The number of carbonyl (C=O) groups excluding carboxylic acids is 2. The highest BCUT2D eigenvalue weighted by Crippen LogP contribution is 2.45. The molecule has 0 radical (unpaired) electrons. The smallest absolute Gasteiger partial charge is 0.410 e. The molecule has 1 N–H and O–H groups in total. The van der Waals surface area contributed by atoms with Crippen LogP contribution in [0.15, 0.2) is 53.1 Å². The minimum Gasteiger partial charge on any atom is -0.477 e. The third-order valence-electron chi connectivity index (χ3n) is 4.86. The van der Waals surface area contributed by atoms with Crippen LogP contribution < -0.4 is 0 Å². The maximum absolute atomic E-state index is 12.5. The Balaban J connectivity index is 1.41. The molecule has 2 saturated heterocycles. The number of β-lactam (4-membered cyclic amide) rings is 1. The molecule has 2 atom stereocenters. The summed E-state index contributed by atoms with van der Waals surface area (Å²) in [6.45, 7) is 0.785. The standard InChI is InChI=1S/C19H18N2O5S/c22-16-14(17-21(16)15(11-27-17)18(23)24)9-13-7-4-8-20(13)19(25)26-10-12-5-2-1-3-6-12/h1-3,5-6,9,11,13,17H,4,7-8,10H2,(H,23,24)/b14-9-/t13?,17-/m1/s1. The van der Waals surface area contributed by atoms with Gasteiger partial charge < -0.3 is 14.7 Å². The van der Waals surface area contributed by atoms with E-state index in [1.807, 2.05) is 30.3 Å². The first-order chi connectivity index (χ1) is 13.1. The summed E-state index contributed by atoms with van der Waals surface area (Å²) >= 11 is 1.30. The highest BCUT2D eigenvalue weighted by molar-refractivity contribution is 8.03. The second-order valence-corrected chi connectivity index (χ2v) is 7.49. The lowest BCUT2D eigenvalue weighted by molar-refractivity contribution is -0.141. The number of benzene rings is 1. The highest BCUT2D eigenvalue weighted by Gasteiger charge is 2.50. The molecule has 3 aliphatic rings. The van der Waals surface area contributed by atoms with Crippen LogP contribution in [0.4, 0.5) is 4.79 Å². The van der Waals surface area contributed by atoms with Gasteiger partial charge in [0.1, 0.15) is 17.7 Å². The molecular formula is C19H18N2O5S. The van der Waals surface area contributed by atoms with Crippen LogP contribution in [-0.2, 0) is 20.9 Å². The number of aliphatic carboxylic acids is 1. The van der Waals surface area contributed by atoms with Crippen molar-refractivity contribution in [1.29, 1.82) is 0 Å². The number of rotatable bonds is 4. The van der Waals surface area contributed by atoms with Gasteiger partial charge in [-0.1, -0.05) is 36.4 Å². The predicted octanol–water partition coefficient (Wildman–Crippen LogP) is 2.56. The van der Waals surface area contributed by atoms with Gasteiger partial charge in [-0.05, 0) is 18.4 Å². The van der Waals surface area contributed by atoms with Gasteiger partial charge in [0.2, 0.25) is 0 Å². The Kier molecular flexibility index (Phi) is 4.65. The zero-order valence-electron chi connectivity index (χ0n) is 14.4. The summed E-state index contributed by atoms with van der Waals surface area (Å²) in [5.74, 6) is -1.41. The van der Waals surface area contributed by atoms with Crippen molar-refractivity contribution in [2.45, 2.75) is 30.9 Å². The maximum atomic E-state index is 12.5. The molecule has 2 fully saturated rings. The zero-order valence-corrected chi connectivity index (χ0v) is 15.2. The number of carboxylic acid groups (broad SMARTS) is 1. The van der Waals surface area contributed by atoms with Gasteiger partial charge in [-0.3, -0.25) is 9.69 Å². The fourth-order valence-corrected chi connectivity index (χ4v) is 4.62. The molecule has 8 heteroatoms. The second kappa shape index (κ2) is 7.11. The first-order valence-corrected chi connectivity index (χ1v) is 9.62. The number of ether oxygens (including phenoxy) is 1. The molecule has 140 valence electrons. The van der Waals surface area contributed by atoms with E-state index in [-0.39, 0.29) is 29.6 Å². The summed E-state index contributed by atoms with van der Waals surface area (Å²) in [6.07, 6.45) is 2.99. The fraction of sp³-hybridized carbons (Fsp3) is 0.316. The molecule has 7 nitrogen and oxygen atoms in total. The summed E-state index contributed by atoms with van der Waals surface area (Å²) in [5.41, 5.74) is 1.48. The quantitative estimate of drug-likeness (QED) is 0.632. The van der Waals surface area contributed by atoms with E-state index in [9.17, 15) is 14.4 Å². The van der Waals surface area contributed by atoms with Gasteiger partial charge in [0.05, 0.1) is 6.04 Å². The van der Waals surface area contributed by atoms with E-state index in [0.717, 1.165) is 18.4 Å². The molecule has 3 heterocycles. The van der Waals surface area contributed by atoms with Gasteiger partial charge in [0.25, 0.3) is 5.91 Å². The van der Waals surface area contributed by atoms with Crippen LogP contribution >= 0.6 is 11.8 Å². The van der Waals surface area contributed by atoms with Crippen molar-refractivity contribution in [3.8, 4) is 0 Å². The van der Waals surface area contributed by atoms with Crippen LogP contribution in [-0.4, -0.2) is 50.8 Å². The molecule has 2 amide bonds. The molecule has 4 rings (SSSR count). The Morgan fingerprint density at radius 3 is 2.81 bits per heavy atom. The van der Waals surface area contributed by atoms with E-state index in [1.165, 1.54) is 22.1 Å². The van der Waals surface area contributed by atoms with E-state index >= 15 is 0 Å². The van der Waals surface area contributed by atoms with Crippen molar-refractivity contribution >= 4 is 29.7 Å². The van der Waals surface area contributed by atoms with Crippen LogP contribution in [0.5, 0.6) is 0 Å². The lowest BCUT2D eigenvalue weighted by atomic mass is 10.0. The van der Waals surface area contributed by atoms with E-state index < -0.39 is 12.1 Å². The summed E-state index contributed by atoms with van der Waals surface area (Å²) in [4.78, 5) is 38.9. The SMILES string of the molecule is O=C(O)C1=CS[C@@H]2/C(=C\C3CCCN3C(=O)OCc3ccccc3)C(=O)N12. The number of nitrogens with zero attached hydrogens (tertiary/aromatic N) is 2. The Labute approximate surface area is 160 Å². The van der Waals surface area contributed by atoms with E-state index in [4.69, 9.17) is 9.84 Å². The molecule has 0 spiro atoms. The number of fused-ring (bicyclic) bond motifs is 1. The lowest BCUT2D eigenvalue weighted by Crippen LogP contribution is -2.52. The molecule has 3 aliphatic heterocycles. The summed E-state index contributed by atoms with van der Waals surface area (Å²) < 4.78 is 5.41. The number of thioether (sulfide) groups is 1. The number of hydrogen-bond donors (Lipinski definition) is 1. The Bertz CT molecular complexity index is 851. The molecule has 0 bridgehead atoms. The first kappa shape index (κ1) is 17.7. The monoisotopic (exact) mass is 386 g/mol. The number of carboxylic acids is 1. The van der Waals surface area contributed by atoms with E-state index in [0.29, 0.717) is 12.1 Å². The Morgan fingerprint density at radius 1 is 1.30 bits per heavy atom. The van der Waals surface area contributed by atoms with Gasteiger partial charge in [0.15, 0.2) is 0 Å². The number of likely N-dealkylation sites (tertiary alicyclic amines) is 1. The molecule has 27 heavy (non-hydrogen) atoms. The van der Waals surface area contributed by atoms with E-state index in [2.05, 4.69) is 0 Å². The van der Waals surface area contributed by atoms with Gasteiger partial charge in [-0.25, -0.2) is 9.59 Å². The average molecular weight is 386 g/mol. The highest BCUT2D eigenvalue weighted by atomic mass is 32.2. The Morgan fingerprint density at radius 2 is 2.07 bits per heavy atom. The molecule has 0 saturated carbocycles. The molecule has 1 unspecified atom stereocenters. The third-order valence-corrected chi connectivity index (χ3v) is 5.95. The van der Waals surface area contributed by atoms with Crippen LogP contribution in [0.1, 0.15) is 18.4 Å². The molecule has 1 aromatic rings. The molecular weight excluding hydrogens is 368 g/mol. The van der Waals surface area contributed by atoms with Crippen molar-refractivity contribution in [3.05, 3.63) is 58.6 Å². The zero-order chi connectivity index (χ0) is 19.0. The lowest BCUT2D eigenvalue weighted by Gasteiger charge is -2.38.